The van der Waals surface area contributed by atoms with E-state index in [2.05, 4.69) is 10.5 Å². The fourth-order valence-electron chi connectivity index (χ4n) is 3.35. The lowest BCUT2D eigenvalue weighted by molar-refractivity contribution is -0.123. The number of hydrogen-bond donors (Lipinski definition) is 1. The van der Waals surface area contributed by atoms with Gasteiger partial charge in [-0.05, 0) is 38.1 Å². The molecule has 1 fully saturated rings. The van der Waals surface area contributed by atoms with Crippen molar-refractivity contribution in [1.29, 1.82) is 0 Å². The molecule has 7 nitrogen and oxygen atoms in total. The van der Waals surface area contributed by atoms with Crippen LogP contribution in [0.5, 0.6) is 0 Å². The molecule has 158 valence electrons. The minimum absolute atomic E-state index is 0.0162. The zero-order valence-electron chi connectivity index (χ0n) is 17.5. The van der Waals surface area contributed by atoms with Crippen molar-refractivity contribution in [2.75, 3.05) is 29.9 Å². The number of carbonyl (C=O) groups excluding carboxylic acids is 2. The first kappa shape index (κ1) is 21.4. The smallest absolute Gasteiger partial charge is 0.321 e. The number of nitrogens with zero attached hydrogens (tertiary/aromatic N) is 3. The molecule has 1 aliphatic heterocycles. The van der Waals surface area contributed by atoms with E-state index in [1.165, 1.54) is 0 Å². The average molecular weight is 409 g/mol. The molecule has 0 bridgehead atoms. The Hall–Kier alpha value is -3.35. The summed E-state index contributed by atoms with van der Waals surface area (Å²) in [7, 11) is 0. The highest BCUT2D eigenvalue weighted by atomic mass is 16.6. The number of piperidine rings is 1. The third kappa shape index (κ3) is 5.83. The van der Waals surface area contributed by atoms with Crippen LogP contribution >= 0.6 is 0 Å². The monoisotopic (exact) mass is 408 g/mol. The average Bonchev–Trinajstić information content (AvgIpc) is 2.75. The van der Waals surface area contributed by atoms with Crippen molar-refractivity contribution in [3.63, 3.8) is 0 Å². The highest BCUT2D eigenvalue weighted by Gasteiger charge is 2.22. The van der Waals surface area contributed by atoms with Crippen LogP contribution in [0.3, 0.4) is 0 Å². The molecular formula is C23H28N4O3. The van der Waals surface area contributed by atoms with E-state index in [-0.39, 0.29) is 24.6 Å². The third-order valence-corrected chi connectivity index (χ3v) is 4.85. The molecule has 1 N–H and O–H groups in total. The normalized spacial score (nSPS) is 13.7. The molecule has 3 rings (SSSR count). The molecule has 3 amide bonds. The maximum Gasteiger partial charge on any atom is 0.321 e. The molecule has 0 saturated carbocycles. The molecule has 2 aromatic carbocycles. The Morgan fingerprint density at radius 3 is 2.23 bits per heavy atom. The molecule has 0 spiro atoms. The lowest BCUT2D eigenvalue weighted by Gasteiger charge is -2.28. The fourth-order valence-corrected chi connectivity index (χ4v) is 3.35. The summed E-state index contributed by atoms with van der Waals surface area (Å²) in [4.78, 5) is 33.8. The molecule has 0 aliphatic carbocycles. The summed E-state index contributed by atoms with van der Waals surface area (Å²) in [5.74, 6) is -0.139. The standard InChI is InChI=1S/C23H28N4O3/c1-18(2)27(21-11-7-4-8-12-21)22(28)17-30-25-20-13-15-26(16-14-20)23(29)24-19-9-5-3-6-10-19/h3-12,18H,13-17H2,1-2H3,(H,24,29). The largest absolute Gasteiger partial charge is 0.386 e. The number of rotatable bonds is 6. The van der Waals surface area contributed by atoms with Gasteiger partial charge in [0.15, 0.2) is 6.61 Å². The molecule has 2 aromatic rings. The van der Waals surface area contributed by atoms with E-state index in [4.69, 9.17) is 4.84 Å². The third-order valence-electron chi connectivity index (χ3n) is 4.85. The zero-order chi connectivity index (χ0) is 21.3. The topological polar surface area (TPSA) is 74.2 Å². The molecule has 7 heteroatoms. The van der Waals surface area contributed by atoms with Gasteiger partial charge in [-0.3, -0.25) is 4.79 Å². The van der Waals surface area contributed by atoms with Gasteiger partial charge in [0.05, 0.1) is 5.71 Å². The van der Waals surface area contributed by atoms with E-state index in [0.29, 0.717) is 25.9 Å². The summed E-state index contributed by atoms with van der Waals surface area (Å²) in [5, 5.41) is 7.04. The van der Waals surface area contributed by atoms with E-state index in [1.807, 2.05) is 74.5 Å². The molecule has 0 unspecified atom stereocenters. The molecular weight excluding hydrogens is 380 g/mol. The van der Waals surface area contributed by atoms with Crippen molar-refractivity contribution in [2.45, 2.75) is 32.7 Å². The van der Waals surface area contributed by atoms with Crippen molar-refractivity contribution < 1.29 is 14.4 Å². The van der Waals surface area contributed by atoms with Crippen molar-refractivity contribution in [3.8, 4) is 0 Å². The number of anilines is 2. The minimum Gasteiger partial charge on any atom is -0.386 e. The minimum atomic E-state index is -0.139. The first-order chi connectivity index (χ1) is 14.5. The van der Waals surface area contributed by atoms with Gasteiger partial charge >= 0.3 is 6.03 Å². The van der Waals surface area contributed by atoms with Crippen LogP contribution in [0.2, 0.25) is 0 Å². The first-order valence-electron chi connectivity index (χ1n) is 10.2. The van der Waals surface area contributed by atoms with Crippen LogP contribution < -0.4 is 10.2 Å². The number of likely N-dealkylation sites (tertiary alicyclic amines) is 1. The number of hydrogen-bond acceptors (Lipinski definition) is 4. The predicted molar refractivity (Wildman–Crippen MR) is 119 cm³/mol. The summed E-state index contributed by atoms with van der Waals surface area (Å²) in [5.41, 5.74) is 2.48. The number of carbonyl (C=O) groups is 2. The molecule has 30 heavy (non-hydrogen) atoms. The number of amides is 3. The second-order valence-electron chi connectivity index (χ2n) is 7.41. The van der Waals surface area contributed by atoms with Crippen LogP contribution in [0.1, 0.15) is 26.7 Å². The van der Waals surface area contributed by atoms with Gasteiger partial charge < -0.3 is 20.0 Å². The van der Waals surface area contributed by atoms with Crippen LogP contribution in [0, 0.1) is 0 Å². The second kappa shape index (κ2) is 10.4. The Labute approximate surface area is 177 Å². The first-order valence-corrected chi connectivity index (χ1v) is 10.2. The van der Waals surface area contributed by atoms with Crippen molar-refractivity contribution in [1.82, 2.24) is 4.90 Å². The van der Waals surface area contributed by atoms with Crippen LogP contribution in [0.15, 0.2) is 65.8 Å². The van der Waals surface area contributed by atoms with Gasteiger partial charge in [-0.1, -0.05) is 41.6 Å². The fraction of sp³-hybridized carbons (Fsp3) is 0.348. The van der Waals surface area contributed by atoms with Gasteiger partial charge in [-0.25, -0.2) is 4.79 Å². The molecule has 0 atom stereocenters. The van der Waals surface area contributed by atoms with Crippen LogP contribution in [0.25, 0.3) is 0 Å². The number of nitrogens with one attached hydrogen (secondary N) is 1. The highest BCUT2D eigenvalue weighted by molar-refractivity contribution is 5.95. The lowest BCUT2D eigenvalue weighted by Crippen LogP contribution is -2.41. The van der Waals surface area contributed by atoms with Gasteiger partial charge in [0, 0.05) is 43.3 Å². The van der Waals surface area contributed by atoms with E-state index in [0.717, 1.165) is 17.1 Å². The summed E-state index contributed by atoms with van der Waals surface area (Å²) < 4.78 is 0. The van der Waals surface area contributed by atoms with Crippen molar-refractivity contribution >= 4 is 29.0 Å². The SMILES string of the molecule is CC(C)N(C(=O)CON=C1CCN(C(=O)Nc2ccccc2)CC1)c1ccccc1. The summed E-state index contributed by atoms with van der Waals surface area (Å²) in [6, 6.07) is 18.8. The molecule has 1 saturated heterocycles. The summed E-state index contributed by atoms with van der Waals surface area (Å²) in [6.45, 7) is 4.95. The molecule has 0 radical (unpaired) electrons. The Morgan fingerprint density at radius 2 is 1.63 bits per heavy atom. The van der Waals surface area contributed by atoms with Crippen LogP contribution in [-0.4, -0.2) is 48.3 Å². The maximum absolute atomic E-state index is 12.6. The van der Waals surface area contributed by atoms with Gasteiger partial charge in [0.25, 0.3) is 5.91 Å². The van der Waals surface area contributed by atoms with E-state index in [9.17, 15) is 9.59 Å². The predicted octanol–water partition coefficient (Wildman–Crippen LogP) is 4.13. The summed E-state index contributed by atoms with van der Waals surface area (Å²) >= 11 is 0. The zero-order valence-corrected chi connectivity index (χ0v) is 17.5. The van der Waals surface area contributed by atoms with Crippen LogP contribution in [0.4, 0.5) is 16.2 Å². The Morgan fingerprint density at radius 1 is 1.03 bits per heavy atom. The van der Waals surface area contributed by atoms with Gasteiger partial charge in [0.2, 0.25) is 0 Å². The van der Waals surface area contributed by atoms with E-state index in [1.54, 1.807) is 9.80 Å². The van der Waals surface area contributed by atoms with E-state index >= 15 is 0 Å². The number of urea groups is 1. The Balaban J connectivity index is 1.46. The number of benzene rings is 2. The Kier molecular flexibility index (Phi) is 7.43. The van der Waals surface area contributed by atoms with Gasteiger partial charge in [0.1, 0.15) is 0 Å². The van der Waals surface area contributed by atoms with Gasteiger partial charge in [-0.15, -0.1) is 0 Å². The molecule has 0 aromatic heterocycles. The lowest BCUT2D eigenvalue weighted by atomic mass is 10.1. The molecule has 1 heterocycles. The quantitative estimate of drug-likeness (QED) is 0.731. The van der Waals surface area contributed by atoms with Crippen molar-refractivity contribution in [2.24, 2.45) is 5.16 Å². The number of oxime groups is 1. The van der Waals surface area contributed by atoms with Crippen molar-refractivity contribution in [3.05, 3.63) is 60.7 Å². The maximum atomic E-state index is 12.6. The van der Waals surface area contributed by atoms with Crippen LogP contribution in [-0.2, 0) is 9.63 Å². The van der Waals surface area contributed by atoms with E-state index < -0.39 is 0 Å². The summed E-state index contributed by atoms with van der Waals surface area (Å²) in [6.07, 6.45) is 1.26. The Bertz CT molecular complexity index is 859. The van der Waals surface area contributed by atoms with Gasteiger partial charge in [-0.2, -0.15) is 0 Å². The number of para-hydroxylation sites is 2. The second-order valence-corrected chi connectivity index (χ2v) is 7.41. The highest BCUT2D eigenvalue weighted by Crippen LogP contribution is 2.17. The molecule has 1 aliphatic rings.